The van der Waals surface area contributed by atoms with Crippen LogP contribution in [0.3, 0.4) is 0 Å². The summed E-state index contributed by atoms with van der Waals surface area (Å²) in [6, 6.07) is 5.52. The summed E-state index contributed by atoms with van der Waals surface area (Å²) < 4.78 is 1.62. The van der Waals surface area contributed by atoms with Crippen LogP contribution in [0.1, 0.15) is 24.1 Å². The monoisotopic (exact) mass is 286 g/mol. The number of aromatic nitrogens is 3. The topological polar surface area (TPSA) is 54.2 Å². The third-order valence-corrected chi connectivity index (χ3v) is 3.57. The molecule has 0 aromatic carbocycles. The molecule has 0 radical (unpaired) electrons. The van der Waals surface area contributed by atoms with Gasteiger partial charge in [-0.3, -0.25) is 4.98 Å². The predicted molar refractivity (Wildman–Crippen MR) is 83.6 cm³/mol. The Labute approximate surface area is 125 Å². The number of aliphatic hydroxyl groups is 1. The van der Waals surface area contributed by atoms with Gasteiger partial charge in [-0.15, -0.1) is 0 Å². The molecule has 2 aromatic heterocycles. The van der Waals surface area contributed by atoms with E-state index >= 15 is 0 Å². The summed E-state index contributed by atoms with van der Waals surface area (Å²) in [6.45, 7) is 4.66. The van der Waals surface area contributed by atoms with Crippen LogP contribution in [0, 0.1) is 0 Å². The van der Waals surface area contributed by atoms with Crippen molar-refractivity contribution in [1.29, 1.82) is 0 Å². The standard InChI is InChI=1S/C16H22N4O/c1-4-20-15(8-12-18-20)16(21,9-5-13-19(2)3)14-6-10-17-11-7-14/h4,6-8,10-12,21H,1,5,9,13H2,2-3H3/t16-/m0/s1. The van der Waals surface area contributed by atoms with E-state index in [4.69, 9.17) is 0 Å². The molecule has 112 valence electrons. The number of nitrogens with zero attached hydrogens (tertiary/aromatic N) is 4. The molecule has 0 saturated carbocycles. The molecule has 0 spiro atoms. The van der Waals surface area contributed by atoms with Crippen LogP contribution >= 0.6 is 0 Å². The zero-order valence-electron chi connectivity index (χ0n) is 12.6. The van der Waals surface area contributed by atoms with Crippen molar-refractivity contribution in [2.75, 3.05) is 20.6 Å². The van der Waals surface area contributed by atoms with Gasteiger partial charge in [-0.05, 0) is 57.2 Å². The Morgan fingerprint density at radius 2 is 2.00 bits per heavy atom. The molecule has 2 aromatic rings. The van der Waals surface area contributed by atoms with Crippen LogP contribution in [0.5, 0.6) is 0 Å². The van der Waals surface area contributed by atoms with E-state index in [1.54, 1.807) is 29.5 Å². The van der Waals surface area contributed by atoms with Crippen molar-refractivity contribution < 1.29 is 5.11 Å². The lowest BCUT2D eigenvalue weighted by Crippen LogP contribution is -2.31. The van der Waals surface area contributed by atoms with Crippen LogP contribution in [0.2, 0.25) is 0 Å². The highest BCUT2D eigenvalue weighted by Gasteiger charge is 2.34. The van der Waals surface area contributed by atoms with Crippen molar-refractivity contribution in [2.24, 2.45) is 0 Å². The van der Waals surface area contributed by atoms with Gasteiger partial charge < -0.3 is 10.0 Å². The molecule has 1 N–H and O–H groups in total. The first-order valence-electron chi connectivity index (χ1n) is 7.02. The van der Waals surface area contributed by atoms with Crippen molar-refractivity contribution in [1.82, 2.24) is 19.7 Å². The van der Waals surface area contributed by atoms with Crippen molar-refractivity contribution >= 4 is 6.20 Å². The molecule has 0 aliphatic heterocycles. The van der Waals surface area contributed by atoms with Gasteiger partial charge in [-0.2, -0.15) is 5.10 Å². The highest BCUT2D eigenvalue weighted by molar-refractivity contribution is 5.34. The van der Waals surface area contributed by atoms with Crippen molar-refractivity contribution in [3.63, 3.8) is 0 Å². The van der Waals surface area contributed by atoms with E-state index in [0.29, 0.717) is 6.42 Å². The highest BCUT2D eigenvalue weighted by atomic mass is 16.3. The summed E-state index contributed by atoms with van der Waals surface area (Å²) in [5, 5.41) is 15.5. The average molecular weight is 286 g/mol. The first-order chi connectivity index (χ1) is 10.1. The summed E-state index contributed by atoms with van der Waals surface area (Å²) in [4.78, 5) is 6.14. The zero-order chi connectivity index (χ0) is 15.3. The smallest absolute Gasteiger partial charge is 0.132 e. The lowest BCUT2D eigenvalue weighted by molar-refractivity contribution is 0.0599. The molecule has 0 unspecified atom stereocenters. The molecule has 1 atom stereocenters. The van der Waals surface area contributed by atoms with Gasteiger partial charge in [0.25, 0.3) is 0 Å². The van der Waals surface area contributed by atoms with E-state index in [9.17, 15) is 5.11 Å². The predicted octanol–water partition coefficient (Wildman–Crippen LogP) is 1.96. The second-order valence-corrected chi connectivity index (χ2v) is 5.35. The molecule has 0 saturated heterocycles. The van der Waals surface area contributed by atoms with E-state index in [-0.39, 0.29) is 0 Å². The van der Waals surface area contributed by atoms with Crippen LogP contribution in [0.15, 0.2) is 43.4 Å². The van der Waals surface area contributed by atoms with E-state index in [2.05, 4.69) is 21.6 Å². The minimum Gasteiger partial charge on any atom is -0.379 e. The number of hydrogen-bond acceptors (Lipinski definition) is 4. The Kier molecular flexibility index (Phi) is 4.88. The largest absolute Gasteiger partial charge is 0.379 e. The molecule has 5 nitrogen and oxygen atoms in total. The molecule has 0 fully saturated rings. The first kappa shape index (κ1) is 15.4. The lowest BCUT2D eigenvalue weighted by Gasteiger charge is -2.29. The molecular weight excluding hydrogens is 264 g/mol. The van der Waals surface area contributed by atoms with E-state index < -0.39 is 5.60 Å². The summed E-state index contributed by atoms with van der Waals surface area (Å²) in [5.74, 6) is 0. The van der Waals surface area contributed by atoms with Gasteiger partial charge in [-0.25, -0.2) is 4.68 Å². The van der Waals surface area contributed by atoms with Gasteiger partial charge in [-0.1, -0.05) is 6.58 Å². The lowest BCUT2D eigenvalue weighted by atomic mass is 9.86. The Morgan fingerprint density at radius 3 is 2.62 bits per heavy atom. The molecule has 0 bridgehead atoms. The van der Waals surface area contributed by atoms with Crippen LogP contribution < -0.4 is 0 Å². The summed E-state index contributed by atoms with van der Waals surface area (Å²) in [6.07, 6.45) is 8.15. The van der Waals surface area contributed by atoms with Gasteiger partial charge in [0, 0.05) is 24.8 Å². The fourth-order valence-electron chi connectivity index (χ4n) is 2.49. The maximum absolute atomic E-state index is 11.3. The van der Waals surface area contributed by atoms with Gasteiger partial charge in [0.1, 0.15) is 5.60 Å². The van der Waals surface area contributed by atoms with Gasteiger partial charge >= 0.3 is 0 Å². The third-order valence-electron chi connectivity index (χ3n) is 3.57. The minimum atomic E-state index is -1.09. The molecule has 0 amide bonds. The van der Waals surface area contributed by atoms with Crippen LogP contribution in [0.4, 0.5) is 0 Å². The third kappa shape index (κ3) is 3.37. The normalized spacial score (nSPS) is 14.1. The second kappa shape index (κ2) is 6.65. The van der Waals surface area contributed by atoms with Crippen LogP contribution in [0.25, 0.3) is 6.20 Å². The Hall–Kier alpha value is -1.98. The van der Waals surface area contributed by atoms with Gasteiger partial charge in [0.15, 0.2) is 0 Å². The van der Waals surface area contributed by atoms with E-state index in [0.717, 1.165) is 24.2 Å². The molecule has 2 rings (SSSR count). The van der Waals surface area contributed by atoms with Gasteiger partial charge in [0.2, 0.25) is 0 Å². The SMILES string of the molecule is C=Cn1nccc1[C@](O)(CCCN(C)C)c1ccncc1. The average Bonchev–Trinajstić information content (AvgIpc) is 2.96. The van der Waals surface area contributed by atoms with Crippen molar-refractivity contribution in [3.8, 4) is 0 Å². The van der Waals surface area contributed by atoms with Crippen molar-refractivity contribution in [2.45, 2.75) is 18.4 Å². The summed E-state index contributed by atoms with van der Waals surface area (Å²) in [5.41, 5.74) is 0.450. The fraction of sp³-hybridized carbons (Fsp3) is 0.375. The Balaban J connectivity index is 2.37. The van der Waals surface area contributed by atoms with Gasteiger partial charge in [0.05, 0.1) is 5.69 Å². The fourth-order valence-corrected chi connectivity index (χ4v) is 2.49. The molecule has 21 heavy (non-hydrogen) atoms. The summed E-state index contributed by atoms with van der Waals surface area (Å²) >= 11 is 0. The zero-order valence-corrected chi connectivity index (χ0v) is 12.6. The van der Waals surface area contributed by atoms with Crippen molar-refractivity contribution in [3.05, 3.63) is 54.6 Å². The number of pyridine rings is 1. The molecule has 0 aliphatic rings. The quantitative estimate of drug-likeness (QED) is 0.845. The first-order valence-corrected chi connectivity index (χ1v) is 7.02. The number of hydrogen-bond donors (Lipinski definition) is 1. The molecule has 0 aliphatic carbocycles. The maximum Gasteiger partial charge on any atom is 0.132 e. The summed E-state index contributed by atoms with van der Waals surface area (Å²) in [7, 11) is 4.05. The highest BCUT2D eigenvalue weighted by Crippen LogP contribution is 2.33. The molecule has 5 heteroatoms. The Morgan fingerprint density at radius 1 is 1.29 bits per heavy atom. The molecule has 2 heterocycles. The number of rotatable bonds is 7. The maximum atomic E-state index is 11.3. The van der Waals surface area contributed by atoms with Crippen LogP contribution in [-0.2, 0) is 5.60 Å². The van der Waals surface area contributed by atoms with Crippen LogP contribution in [-0.4, -0.2) is 45.4 Å². The van der Waals surface area contributed by atoms with E-state index in [1.807, 2.05) is 32.3 Å². The van der Waals surface area contributed by atoms with E-state index in [1.165, 1.54) is 0 Å². The minimum absolute atomic E-state index is 0.606. The Bertz CT molecular complexity index is 579. The second-order valence-electron chi connectivity index (χ2n) is 5.35. The molecular formula is C16H22N4O.